The highest BCUT2D eigenvalue weighted by atomic mass is 35.5. The van der Waals surface area contributed by atoms with Gasteiger partial charge in [-0.25, -0.2) is 9.00 Å². The molecule has 272 valence electrons. The molecule has 7 rings (SSSR count). The van der Waals surface area contributed by atoms with Crippen LogP contribution in [0.2, 0.25) is 5.02 Å². The van der Waals surface area contributed by atoms with Gasteiger partial charge in [-0.3, -0.25) is 18.9 Å². The second-order valence-corrected chi connectivity index (χ2v) is 17.3. The molecule has 0 radical (unpaired) electrons. The number of carbonyl (C=O) groups excluding carboxylic acids is 2. The summed E-state index contributed by atoms with van der Waals surface area (Å²) in [6.07, 6.45) is 11.0. The summed E-state index contributed by atoms with van der Waals surface area (Å²) in [5.41, 5.74) is 2.89. The molecule has 1 saturated carbocycles. The summed E-state index contributed by atoms with van der Waals surface area (Å²) < 4.78 is 36.4. The van der Waals surface area contributed by atoms with Crippen molar-refractivity contribution >= 4 is 39.0 Å². The lowest BCUT2D eigenvalue weighted by molar-refractivity contribution is 0.0131. The van der Waals surface area contributed by atoms with E-state index in [2.05, 4.69) is 32.2 Å². The van der Waals surface area contributed by atoms with Gasteiger partial charge in [-0.15, -0.1) is 4.36 Å². The number of imidazole rings is 1. The Kier molecular flexibility index (Phi) is 9.70. The third-order valence-electron chi connectivity index (χ3n) is 11.3. The van der Waals surface area contributed by atoms with Crippen LogP contribution in [0.1, 0.15) is 71.0 Å². The molecular weight excluding hydrogens is 690 g/mol. The predicted molar refractivity (Wildman–Crippen MR) is 198 cm³/mol. The summed E-state index contributed by atoms with van der Waals surface area (Å²) in [5.74, 6) is -0.344. The SMILES string of the molecule is CO[C@H]1/C=C\C[C@H](C)CS(=O)(NC(=O)c2cn(C)c(=O)n2C)=NC(=O)c2ccc3c(c2)N(C[C@@H]2CC[C@H]21)C[C@@]1(CCCc2cc(Cl)ccc21)CO3. The Morgan fingerprint density at radius 2 is 1.98 bits per heavy atom. The van der Waals surface area contributed by atoms with Gasteiger partial charge in [-0.1, -0.05) is 36.7 Å². The molecule has 2 amide bonds. The van der Waals surface area contributed by atoms with Crippen molar-refractivity contribution in [2.24, 2.45) is 36.2 Å². The van der Waals surface area contributed by atoms with Crippen LogP contribution >= 0.6 is 11.6 Å². The fourth-order valence-corrected chi connectivity index (χ4v) is 10.5. The van der Waals surface area contributed by atoms with Gasteiger partial charge in [0.15, 0.2) is 0 Å². The van der Waals surface area contributed by atoms with Crippen molar-refractivity contribution < 1.29 is 23.3 Å². The van der Waals surface area contributed by atoms with Gasteiger partial charge in [-0.2, -0.15) is 0 Å². The van der Waals surface area contributed by atoms with E-state index in [0.717, 1.165) is 49.4 Å². The normalized spacial score (nSPS) is 29.8. The van der Waals surface area contributed by atoms with E-state index in [1.165, 1.54) is 40.6 Å². The zero-order chi connectivity index (χ0) is 36.1. The highest BCUT2D eigenvalue weighted by molar-refractivity contribution is 7.92. The van der Waals surface area contributed by atoms with Gasteiger partial charge in [0.1, 0.15) is 21.4 Å². The third kappa shape index (κ3) is 6.90. The van der Waals surface area contributed by atoms with Crippen molar-refractivity contribution in [2.45, 2.75) is 57.0 Å². The molecule has 11 nitrogen and oxygen atoms in total. The van der Waals surface area contributed by atoms with E-state index in [0.29, 0.717) is 37.2 Å². The number of aryl methyl sites for hydroxylation is 2. The lowest BCUT2D eigenvalue weighted by atomic mass is 9.68. The number of carbonyl (C=O) groups is 2. The number of benzene rings is 2. The Labute approximate surface area is 304 Å². The largest absolute Gasteiger partial charge is 0.490 e. The molecule has 1 spiro atoms. The van der Waals surface area contributed by atoms with Gasteiger partial charge in [0.25, 0.3) is 11.8 Å². The molecule has 13 heteroatoms. The number of halogens is 1. The summed E-state index contributed by atoms with van der Waals surface area (Å²) >= 11 is 6.45. The minimum absolute atomic E-state index is 0.0175. The Balaban J connectivity index is 1.31. The third-order valence-corrected chi connectivity index (χ3v) is 13.5. The molecule has 1 fully saturated rings. The maximum atomic E-state index is 14.5. The topological polar surface area (TPSA) is 124 Å². The first-order valence-electron chi connectivity index (χ1n) is 17.7. The van der Waals surface area contributed by atoms with Crippen molar-refractivity contribution in [3.8, 4) is 5.75 Å². The van der Waals surface area contributed by atoms with E-state index in [1.54, 1.807) is 25.3 Å². The van der Waals surface area contributed by atoms with Crippen molar-refractivity contribution in [1.29, 1.82) is 0 Å². The first kappa shape index (κ1) is 35.5. The van der Waals surface area contributed by atoms with Crippen LogP contribution in [0.4, 0.5) is 5.69 Å². The van der Waals surface area contributed by atoms with E-state index in [1.807, 2.05) is 19.1 Å². The molecule has 2 aliphatic heterocycles. The molecule has 4 aliphatic rings. The molecule has 3 heterocycles. The number of ether oxygens (including phenoxy) is 2. The number of hydrogen-bond donors (Lipinski definition) is 1. The van der Waals surface area contributed by atoms with Crippen LogP contribution in [0.5, 0.6) is 5.75 Å². The van der Waals surface area contributed by atoms with Crippen LogP contribution in [0, 0.1) is 17.8 Å². The summed E-state index contributed by atoms with van der Waals surface area (Å²) in [4.78, 5) is 42.2. The van der Waals surface area contributed by atoms with E-state index in [4.69, 9.17) is 21.1 Å². The average molecular weight is 736 g/mol. The standard InChI is InChI=1S/C38H46ClN5O6S/c1-24-7-5-9-33(49-4)29-13-10-27(29)19-44-22-38(16-6-8-25-17-28(39)12-14-30(25)38)23-50-34-15-11-26(18-31(34)44)35(45)40-51(48,21-24)41-36(46)32-20-42(2)37(47)43(32)3/h5,9,11-12,14-15,17-18,20,24,27,29,33H,6-8,10,13,16,19,21-23H2,1-4H3,(H,40,41,45,46,48)/b9-5-/t24-,27-,29+,33-,38-,51?/m0/s1. The summed E-state index contributed by atoms with van der Waals surface area (Å²) in [6.45, 7) is 3.85. The first-order valence-corrected chi connectivity index (χ1v) is 19.8. The molecule has 2 bridgehead atoms. The second kappa shape index (κ2) is 13.9. The number of nitrogens with zero attached hydrogens (tertiary/aromatic N) is 4. The molecule has 1 aromatic heterocycles. The average Bonchev–Trinajstić information content (AvgIpc) is 3.24. The number of aromatic nitrogens is 2. The molecule has 6 atom stereocenters. The number of methoxy groups -OCH3 is 1. The number of anilines is 1. The molecule has 1 unspecified atom stereocenters. The molecule has 51 heavy (non-hydrogen) atoms. The number of nitrogens with one attached hydrogen (secondary N) is 1. The molecule has 2 aliphatic carbocycles. The molecule has 1 N–H and O–H groups in total. The van der Waals surface area contributed by atoms with Gasteiger partial charge < -0.3 is 18.9 Å². The Morgan fingerprint density at radius 1 is 1.16 bits per heavy atom. The van der Waals surface area contributed by atoms with E-state index in [9.17, 15) is 18.6 Å². The fourth-order valence-electron chi connectivity index (χ4n) is 8.44. The van der Waals surface area contributed by atoms with E-state index in [-0.39, 0.29) is 34.4 Å². The van der Waals surface area contributed by atoms with Crippen molar-refractivity contribution in [3.63, 3.8) is 0 Å². The maximum absolute atomic E-state index is 14.5. The van der Waals surface area contributed by atoms with Crippen molar-refractivity contribution in [2.75, 3.05) is 37.5 Å². The molecule has 2 aromatic carbocycles. The smallest absolute Gasteiger partial charge is 0.328 e. The monoisotopic (exact) mass is 735 g/mol. The van der Waals surface area contributed by atoms with Crippen LogP contribution in [0.3, 0.4) is 0 Å². The van der Waals surface area contributed by atoms with Gasteiger partial charge in [0.2, 0.25) is 0 Å². The summed E-state index contributed by atoms with van der Waals surface area (Å²) in [5, 5.41) is 0.728. The predicted octanol–water partition coefficient (Wildman–Crippen LogP) is 5.44. The zero-order valence-corrected chi connectivity index (χ0v) is 31.2. The van der Waals surface area contributed by atoms with Crippen molar-refractivity contribution in [3.05, 3.63) is 92.6 Å². The van der Waals surface area contributed by atoms with Crippen LogP contribution in [-0.2, 0) is 40.6 Å². The number of rotatable bonds is 3. The number of fused-ring (bicyclic) bond motifs is 4. The number of amides is 2. The number of allylic oxidation sites excluding steroid dienone is 1. The second-order valence-electron chi connectivity index (χ2n) is 14.9. The molecular formula is C38H46ClN5O6S. The van der Waals surface area contributed by atoms with Gasteiger partial charge in [0, 0.05) is 56.5 Å². The van der Waals surface area contributed by atoms with Crippen LogP contribution in [0.25, 0.3) is 0 Å². The Morgan fingerprint density at radius 3 is 2.71 bits per heavy atom. The quantitative estimate of drug-likeness (QED) is 0.356. The van der Waals surface area contributed by atoms with Gasteiger partial charge in [0.05, 0.1) is 24.2 Å². The zero-order valence-electron chi connectivity index (χ0n) is 29.6. The summed E-state index contributed by atoms with van der Waals surface area (Å²) in [7, 11) is 1.11. The summed E-state index contributed by atoms with van der Waals surface area (Å²) in [6, 6.07) is 11.4. The Hall–Kier alpha value is -3.87. The highest BCUT2D eigenvalue weighted by Gasteiger charge is 2.44. The van der Waals surface area contributed by atoms with Crippen LogP contribution in [0.15, 0.2) is 63.9 Å². The minimum Gasteiger partial charge on any atom is -0.490 e. The van der Waals surface area contributed by atoms with Gasteiger partial charge in [-0.05, 0) is 97.7 Å². The van der Waals surface area contributed by atoms with Gasteiger partial charge >= 0.3 is 5.69 Å². The highest BCUT2D eigenvalue weighted by Crippen LogP contribution is 2.47. The van der Waals surface area contributed by atoms with Crippen LogP contribution in [-0.4, -0.2) is 63.8 Å². The fraction of sp³-hybridized carbons (Fsp3) is 0.500. The molecule has 3 aromatic rings. The van der Waals surface area contributed by atoms with E-state index < -0.39 is 27.4 Å². The minimum atomic E-state index is -3.63. The van der Waals surface area contributed by atoms with Crippen LogP contribution < -0.4 is 20.0 Å². The lowest BCUT2D eigenvalue weighted by Crippen LogP contribution is -2.49. The lowest BCUT2D eigenvalue weighted by Gasteiger charge is -2.46. The first-order chi connectivity index (χ1) is 24.4. The molecule has 0 saturated heterocycles. The van der Waals surface area contributed by atoms with Crippen molar-refractivity contribution in [1.82, 2.24) is 13.9 Å². The number of hydrogen-bond acceptors (Lipinski definition) is 7. The Bertz CT molecular complexity index is 2080. The van der Waals surface area contributed by atoms with E-state index >= 15 is 0 Å². The maximum Gasteiger partial charge on any atom is 0.328 e.